The molecule has 2 N–H and O–H groups in total. The Labute approximate surface area is 118 Å². The number of fused-ring (bicyclic) bond motifs is 2. The number of benzene rings is 2. The van der Waals surface area contributed by atoms with Gasteiger partial charge in [-0.15, -0.1) is 11.8 Å². The summed E-state index contributed by atoms with van der Waals surface area (Å²) < 4.78 is 0. The number of aromatic carboxylic acids is 1. The maximum Gasteiger partial charge on any atom is 0.337 e. The van der Waals surface area contributed by atoms with Gasteiger partial charge in [0.05, 0.1) is 11.1 Å². The average molecular weight is 286 g/mol. The summed E-state index contributed by atoms with van der Waals surface area (Å²) in [5, 5.41) is 19.1. The van der Waals surface area contributed by atoms with Crippen molar-refractivity contribution < 1.29 is 15.0 Å². The quantitative estimate of drug-likeness (QED) is 0.556. The number of rotatable bonds is 2. The van der Waals surface area contributed by atoms with Crippen LogP contribution < -0.4 is 0 Å². The molecule has 0 aliphatic rings. The number of hydrogen-bond acceptors (Lipinski definition) is 5. The van der Waals surface area contributed by atoms with Gasteiger partial charge in [0.25, 0.3) is 0 Å². The number of hydrogen-bond donors (Lipinski definition) is 2. The number of carboxylic acids is 1. The molecule has 0 atom stereocenters. The summed E-state index contributed by atoms with van der Waals surface area (Å²) in [7, 11) is 0. The smallest absolute Gasteiger partial charge is 0.337 e. The lowest BCUT2D eigenvalue weighted by Gasteiger charge is -2.08. The number of nitrogens with zero attached hydrogens (tertiary/aromatic N) is 2. The highest BCUT2D eigenvalue weighted by Crippen LogP contribution is 2.30. The van der Waals surface area contributed by atoms with E-state index in [1.165, 1.54) is 23.9 Å². The lowest BCUT2D eigenvalue weighted by molar-refractivity contribution is 0.0699. The van der Waals surface area contributed by atoms with Crippen LogP contribution in [0.2, 0.25) is 0 Å². The van der Waals surface area contributed by atoms with E-state index in [0.29, 0.717) is 22.1 Å². The first-order valence-electron chi connectivity index (χ1n) is 5.81. The number of phenols is 1. The SMILES string of the molecule is CSc1ccc(C(=O)O)c2nc3cccc(O)c3nc12. The Morgan fingerprint density at radius 3 is 2.60 bits per heavy atom. The van der Waals surface area contributed by atoms with Crippen molar-refractivity contribution in [2.75, 3.05) is 6.26 Å². The van der Waals surface area contributed by atoms with Gasteiger partial charge in [-0.05, 0) is 30.5 Å². The second kappa shape index (κ2) is 4.64. The predicted molar refractivity (Wildman–Crippen MR) is 77.4 cm³/mol. The van der Waals surface area contributed by atoms with Crippen LogP contribution in [0.15, 0.2) is 35.2 Å². The summed E-state index contributed by atoms with van der Waals surface area (Å²) in [5.74, 6) is -1.01. The molecule has 0 aliphatic carbocycles. The van der Waals surface area contributed by atoms with Gasteiger partial charge in [0.15, 0.2) is 0 Å². The predicted octanol–water partition coefficient (Wildman–Crippen LogP) is 2.91. The third-order valence-electron chi connectivity index (χ3n) is 3.01. The summed E-state index contributed by atoms with van der Waals surface area (Å²) in [5.41, 5.74) is 1.78. The molecule has 0 saturated carbocycles. The molecule has 0 bridgehead atoms. The molecule has 0 radical (unpaired) electrons. The normalized spacial score (nSPS) is 11.1. The molecule has 0 unspecified atom stereocenters. The van der Waals surface area contributed by atoms with Crippen LogP contribution in [0.1, 0.15) is 10.4 Å². The summed E-state index contributed by atoms with van der Waals surface area (Å²) in [4.78, 5) is 20.9. The van der Waals surface area contributed by atoms with Gasteiger partial charge in [-0.3, -0.25) is 0 Å². The molecule has 0 amide bonds. The average Bonchev–Trinajstić information content (AvgIpc) is 2.44. The van der Waals surface area contributed by atoms with Gasteiger partial charge >= 0.3 is 5.97 Å². The van der Waals surface area contributed by atoms with Crippen molar-refractivity contribution in [2.45, 2.75) is 4.90 Å². The highest BCUT2D eigenvalue weighted by molar-refractivity contribution is 7.98. The minimum atomic E-state index is -1.04. The molecule has 3 rings (SSSR count). The molecule has 2 aromatic carbocycles. The van der Waals surface area contributed by atoms with Crippen molar-refractivity contribution in [2.24, 2.45) is 0 Å². The molecule has 0 fully saturated rings. The van der Waals surface area contributed by atoms with Crippen molar-refractivity contribution in [1.29, 1.82) is 0 Å². The van der Waals surface area contributed by atoms with E-state index in [2.05, 4.69) is 9.97 Å². The molecular weight excluding hydrogens is 276 g/mol. The zero-order chi connectivity index (χ0) is 14.3. The first-order chi connectivity index (χ1) is 9.61. The molecule has 1 heterocycles. The van der Waals surface area contributed by atoms with Gasteiger partial charge in [0.1, 0.15) is 22.3 Å². The van der Waals surface area contributed by atoms with Crippen LogP contribution in [0.4, 0.5) is 0 Å². The third kappa shape index (κ3) is 1.85. The van der Waals surface area contributed by atoms with Crippen LogP contribution >= 0.6 is 11.8 Å². The lowest BCUT2D eigenvalue weighted by Crippen LogP contribution is -2.01. The lowest BCUT2D eigenvalue weighted by atomic mass is 10.1. The Morgan fingerprint density at radius 1 is 1.10 bits per heavy atom. The zero-order valence-electron chi connectivity index (χ0n) is 10.5. The number of carbonyl (C=O) groups is 1. The summed E-state index contributed by atoms with van der Waals surface area (Å²) >= 11 is 1.46. The van der Waals surface area contributed by atoms with Gasteiger partial charge in [-0.25, -0.2) is 14.8 Å². The molecule has 0 saturated heterocycles. The van der Waals surface area contributed by atoms with Crippen LogP contribution in [0.25, 0.3) is 22.1 Å². The van der Waals surface area contributed by atoms with Crippen molar-refractivity contribution in [3.63, 3.8) is 0 Å². The molecule has 100 valence electrons. The van der Waals surface area contributed by atoms with Gasteiger partial charge in [-0.2, -0.15) is 0 Å². The minimum Gasteiger partial charge on any atom is -0.506 e. The van der Waals surface area contributed by atoms with Crippen LogP contribution in [0, 0.1) is 0 Å². The Balaban J connectivity index is 2.51. The van der Waals surface area contributed by atoms with Gasteiger partial charge in [0, 0.05) is 4.90 Å². The number of phenolic OH excluding ortho intramolecular Hbond substituents is 1. The maximum atomic E-state index is 11.3. The summed E-state index contributed by atoms with van der Waals surface area (Å²) in [6.07, 6.45) is 1.88. The van der Waals surface area contributed by atoms with E-state index in [1.807, 2.05) is 6.26 Å². The molecule has 1 aromatic heterocycles. The third-order valence-corrected chi connectivity index (χ3v) is 3.78. The van der Waals surface area contributed by atoms with Crippen LogP contribution in [0.5, 0.6) is 5.75 Å². The first-order valence-corrected chi connectivity index (χ1v) is 7.04. The number of aromatic nitrogens is 2. The summed E-state index contributed by atoms with van der Waals surface area (Å²) in [6, 6.07) is 8.11. The fraction of sp³-hybridized carbons (Fsp3) is 0.0714. The highest BCUT2D eigenvalue weighted by Gasteiger charge is 2.15. The largest absolute Gasteiger partial charge is 0.506 e. The van der Waals surface area contributed by atoms with Gasteiger partial charge in [0.2, 0.25) is 0 Å². The number of para-hydroxylation sites is 1. The van der Waals surface area contributed by atoms with Crippen molar-refractivity contribution in [3.05, 3.63) is 35.9 Å². The second-order valence-corrected chi connectivity index (χ2v) is 5.03. The van der Waals surface area contributed by atoms with Crippen molar-refractivity contribution >= 4 is 39.8 Å². The van der Waals surface area contributed by atoms with E-state index in [1.54, 1.807) is 18.2 Å². The number of thioether (sulfide) groups is 1. The van der Waals surface area contributed by atoms with E-state index < -0.39 is 5.97 Å². The van der Waals surface area contributed by atoms with E-state index >= 15 is 0 Å². The molecule has 20 heavy (non-hydrogen) atoms. The van der Waals surface area contributed by atoms with E-state index in [4.69, 9.17) is 0 Å². The first kappa shape index (κ1) is 12.7. The fourth-order valence-corrected chi connectivity index (χ4v) is 2.62. The Hall–Kier alpha value is -2.34. The van der Waals surface area contributed by atoms with E-state index in [9.17, 15) is 15.0 Å². The molecular formula is C14H10N2O3S. The number of aromatic hydroxyl groups is 1. The maximum absolute atomic E-state index is 11.3. The Bertz CT molecular complexity index is 849. The monoisotopic (exact) mass is 286 g/mol. The van der Waals surface area contributed by atoms with Crippen LogP contribution in [-0.4, -0.2) is 32.4 Å². The molecule has 0 aliphatic heterocycles. The molecule has 5 nitrogen and oxygen atoms in total. The van der Waals surface area contributed by atoms with Crippen molar-refractivity contribution in [3.8, 4) is 5.75 Å². The topological polar surface area (TPSA) is 83.3 Å². The molecule has 3 aromatic rings. The molecule has 6 heteroatoms. The fourth-order valence-electron chi connectivity index (χ4n) is 2.08. The Morgan fingerprint density at radius 2 is 1.90 bits per heavy atom. The minimum absolute atomic E-state index is 0.0321. The standard InChI is InChI=1S/C14H10N2O3S/c1-20-10-6-5-7(14(18)19)11-13(10)16-12-8(15-11)3-2-4-9(12)17/h2-6,17H,1H3,(H,18,19). The van der Waals surface area contributed by atoms with Gasteiger partial charge < -0.3 is 10.2 Å². The zero-order valence-corrected chi connectivity index (χ0v) is 11.3. The molecule has 0 spiro atoms. The van der Waals surface area contributed by atoms with Gasteiger partial charge in [-0.1, -0.05) is 6.07 Å². The van der Waals surface area contributed by atoms with Crippen LogP contribution in [-0.2, 0) is 0 Å². The Kier molecular flexibility index (Phi) is 2.94. The van der Waals surface area contributed by atoms with Crippen LogP contribution in [0.3, 0.4) is 0 Å². The summed E-state index contributed by atoms with van der Waals surface area (Å²) in [6.45, 7) is 0. The van der Waals surface area contributed by atoms with E-state index in [-0.39, 0.29) is 11.3 Å². The second-order valence-electron chi connectivity index (χ2n) is 4.19. The highest BCUT2D eigenvalue weighted by atomic mass is 32.2. The number of carboxylic acid groups (broad SMARTS) is 1. The van der Waals surface area contributed by atoms with E-state index in [0.717, 1.165) is 4.90 Å². The van der Waals surface area contributed by atoms with Crippen molar-refractivity contribution in [1.82, 2.24) is 9.97 Å².